The van der Waals surface area contributed by atoms with Crippen molar-refractivity contribution in [3.63, 3.8) is 0 Å². The van der Waals surface area contributed by atoms with Crippen molar-refractivity contribution in [3.05, 3.63) is 6.33 Å². The maximum absolute atomic E-state index is 9.67. The molecule has 12 heteroatoms. The summed E-state index contributed by atoms with van der Waals surface area (Å²) < 4.78 is 0. The van der Waals surface area contributed by atoms with Gasteiger partial charge in [0, 0.05) is 0 Å². The molecule has 1 aliphatic rings. The molecular formula is C7H10N8O4. The SMILES string of the molecule is Nc1ncnc2c1nnn2N1O[C@H](CO)[C@@H](O)N1O. The molecular weight excluding hydrogens is 260 g/mol. The van der Waals surface area contributed by atoms with E-state index in [1.54, 1.807) is 0 Å². The van der Waals surface area contributed by atoms with Gasteiger partial charge in [0.05, 0.1) is 6.61 Å². The summed E-state index contributed by atoms with van der Waals surface area (Å²) >= 11 is 0. The summed E-state index contributed by atoms with van der Waals surface area (Å²) in [5.74, 6) is 0.110. The van der Waals surface area contributed by atoms with E-state index in [0.29, 0.717) is 10.5 Å². The summed E-state index contributed by atoms with van der Waals surface area (Å²) in [6.07, 6.45) is -1.30. The smallest absolute Gasteiger partial charge is 0.211 e. The lowest BCUT2D eigenvalue weighted by molar-refractivity contribution is -0.210. The summed E-state index contributed by atoms with van der Waals surface area (Å²) in [4.78, 5) is 13.7. The lowest BCUT2D eigenvalue weighted by Gasteiger charge is -2.20. The first kappa shape index (κ1) is 11.9. The molecule has 0 aliphatic carbocycles. The molecule has 5 N–H and O–H groups in total. The predicted molar refractivity (Wildman–Crippen MR) is 57.3 cm³/mol. The highest BCUT2D eigenvalue weighted by Gasteiger charge is 2.42. The molecule has 0 saturated carbocycles. The first-order chi connectivity index (χ1) is 9.13. The Morgan fingerprint density at radius 3 is 2.89 bits per heavy atom. The van der Waals surface area contributed by atoms with Gasteiger partial charge in [0.2, 0.25) is 5.65 Å². The molecule has 102 valence electrons. The molecule has 2 aromatic heterocycles. The Labute approximate surface area is 105 Å². The van der Waals surface area contributed by atoms with Crippen LogP contribution in [0.25, 0.3) is 11.2 Å². The van der Waals surface area contributed by atoms with Crippen LogP contribution in [0, 0.1) is 0 Å². The van der Waals surface area contributed by atoms with Crippen molar-refractivity contribution in [1.29, 1.82) is 0 Å². The van der Waals surface area contributed by atoms with Gasteiger partial charge in [0.15, 0.2) is 23.7 Å². The molecule has 2 aromatic rings. The third kappa shape index (κ3) is 1.66. The minimum atomic E-state index is -1.46. The zero-order valence-corrected chi connectivity index (χ0v) is 9.40. The Hall–Kier alpha value is -2.12. The Morgan fingerprint density at radius 1 is 1.42 bits per heavy atom. The molecule has 0 aromatic carbocycles. The van der Waals surface area contributed by atoms with Crippen LogP contribution in [-0.2, 0) is 4.84 Å². The highest BCUT2D eigenvalue weighted by atomic mass is 16.9. The number of nitrogens with zero attached hydrogens (tertiary/aromatic N) is 7. The summed E-state index contributed by atoms with van der Waals surface area (Å²) in [7, 11) is 0. The van der Waals surface area contributed by atoms with Crippen LogP contribution in [0.2, 0.25) is 0 Å². The number of hydrogen-bond acceptors (Lipinski definition) is 11. The van der Waals surface area contributed by atoms with Gasteiger partial charge in [-0.05, 0) is 10.4 Å². The average molecular weight is 270 g/mol. The van der Waals surface area contributed by atoms with Gasteiger partial charge in [-0.1, -0.05) is 10.1 Å². The third-order valence-corrected chi connectivity index (χ3v) is 2.57. The fraction of sp³-hybridized carbons (Fsp3) is 0.429. The van der Waals surface area contributed by atoms with Gasteiger partial charge in [-0.25, -0.2) is 14.8 Å². The van der Waals surface area contributed by atoms with E-state index in [9.17, 15) is 10.3 Å². The van der Waals surface area contributed by atoms with Gasteiger partial charge in [0.1, 0.15) is 6.33 Å². The topological polar surface area (TPSA) is 159 Å². The van der Waals surface area contributed by atoms with Gasteiger partial charge in [-0.3, -0.25) is 5.21 Å². The van der Waals surface area contributed by atoms with Crippen molar-refractivity contribution < 1.29 is 20.3 Å². The maximum atomic E-state index is 9.67. The standard InChI is InChI=1S/C7H10N8O4/c8-5-4-6(10-2-9-5)13(12-11-4)15-14(18)7(17)3(1-16)19-15/h2-3,7,16-18H,1H2,(H2,8,9,10)/t3-,7-/m1/s1. The molecule has 1 saturated heterocycles. The van der Waals surface area contributed by atoms with Crippen molar-refractivity contribution in [2.24, 2.45) is 0 Å². The highest BCUT2D eigenvalue weighted by Crippen LogP contribution is 2.20. The molecule has 0 amide bonds. The van der Waals surface area contributed by atoms with Gasteiger partial charge < -0.3 is 15.9 Å². The van der Waals surface area contributed by atoms with Crippen molar-refractivity contribution in [2.75, 3.05) is 17.6 Å². The summed E-state index contributed by atoms with van der Waals surface area (Å²) in [5.41, 5.74) is 5.97. The summed E-state index contributed by atoms with van der Waals surface area (Å²) in [5, 5.41) is 36.7. The second-order valence-corrected chi connectivity index (χ2v) is 3.72. The number of hydrogen-bond donors (Lipinski definition) is 4. The van der Waals surface area contributed by atoms with Crippen molar-refractivity contribution in [2.45, 2.75) is 12.3 Å². The number of hydroxylamine groups is 1. The van der Waals surface area contributed by atoms with E-state index >= 15 is 0 Å². The molecule has 0 unspecified atom stereocenters. The van der Waals surface area contributed by atoms with Crippen LogP contribution in [0.1, 0.15) is 0 Å². The number of aliphatic hydroxyl groups excluding tert-OH is 2. The number of aromatic nitrogens is 5. The molecule has 2 atom stereocenters. The Bertz CT molecular complexity index is 604. The van der Waals surface area contributed by atoms with Crippen molar-refractivity contribution >= 4 is 17.0 Å². The fourth-order valence-corrected chi connectivity index (χ4v) is 1.60. The van der Waals surface area contributed by atoms with E-state index in [2.05, 4.69) is 20.3 Å². The lowest BCUT2D eigenvalue weighted by Crippen LogP contribution is -2.45. The number of nitrogens with two attached hydrogens (primary N) is 1. The highest BCUT2D eigenvalue weighted by molar-refractivity contribution is 5.80. The van der Waals surface area contributed by atoms with E-state index in [0.717, 1.165) is 4.79 Å². The van der Waals surface area contributed by atoms with E-state index in [-0.39, 0.29) is 17.0 Å². The Kier molecular flexibility index (Phi) is 2.65. The van der Waals surface area contributed by atoms with Gasteiger partial charge in [-0.2, -0.15) is 0 Å². The first-order valence-electron chi connectivity index (χ1n) is 5.19. The van der Waals surface area contributed by atoms with Crippen LogP contribution in [0.15, 0.2) is 6.33 Å². The number of nitrogen functional groups attached to an aromatic ring is 1. The minimum Gasteiger partial charge on any atom is -0.393 e. The second kappa shape index (κ2) is 4.22. The normalized spacial score (nSPS) is 24.5. The molecule has 3 heterocycles. The largest absolute Gasteiger partial charge is 0.393 e. The average Bonchev–Trinajstić information content (AvgIpc) is 2.94. The molecule has 0 radical (unpaired) electrons. The fourth-order valence-electron chi connectivity index (χ4n) is 1.60. The van der Waals surface area contributed by atoms with E-state index in [1.165, 1.54) is 6.33 Å². The molecule has 1 fully saturated rings. The minimum absolute atomic E-state index is 0.110. The first-order valence-corrected chi connectivity index (χ1v) is 5.19. The lowest BCUT2D eigenvalue weighted by atomic mass is 10.3. The monoisotopic (exact) mass is 270 g/mol. The van der Waals surface area contributed by atoms with Crippen LogP contribution in [0.5, 0.6) is 0 Å². The zero-order valence-electron chi connectivity index (χ0n) is 9.40. The quantitative estimate of drug-likeness (QED) is 0.439. The molecule has 0 bridgehead atoms. The Balaban J connectivity index is 2.04. The zero-order chi connectivity index (χ0) is 13.6. The number of anilines is 1. The third-order valence-electron chi connectivity index (χ3n) is 2.57. The van der Waals surface area contributed by atoms with Crippen molar-refractivity contribution in [3.8, 4) is 0 Å². The number of rotatable bonds is 2. The van der Waals surface area contributed by atoms with Crippen LogP contribution < -0.4 is 11.0 Å². The van der Waals surface area contributed by atoms with Crippen molar-refractivity contribution in [1.82, 2.24) is 30.2 Å². The van der Waals surface area contributed by atoms with E-state index in [4.69, 9.17) is 15.7 Å². The molecule has 3 rings (SSSR count). The van der Waals surface area contributed by atoms with Crippen LogP contribution in [0.4, 0.5) is 5.82 Å². The van der Waals surface area contributed by atoms with E-state index in [1.807, 2.05) is 0 Å². The number of hydrazine groups is 1. The Morgan fingerprint density at radius 2 is 2.21 bits per heavy atom. The molecule has 12 nitrogen and oxygen atoms in total. The number of fused-ring (bicyclic) bond motifs is 1. The summed E-state index contributed by atoms with van der Waals surface area (Å²) in [6.45, 7) is -0.502. The number of aliphatic hydroxyl groups is 2. The van der Waals surface area contributed by atoms with Gasteiger partial charge in [-0.15, -0.1) is 5.10 Å². The van der Waals surface area contributed by atoms with Gasteiger partial charge >= 0.3 is 0 Å². The van der Waals surface area contributed by atoms with Gasteiger partial charge in [0.25, 0.3) is 0 Å². The maximum Gasteiger partial charge on any atom is 0.211 e. The van der Waals surface area contributed by atoms with Crippen LogP contribution in [0.3, 0.4) is 0 Å². The van der Waals surface area contributed by atoms with Crippen LogP contribution >= 0.6 is 0 Å². The molecule has 0 spiro atoms. The molecule has 19 heavy (non-hydrogen) atoms. The van der Waals surface area contributed by atoms with Crippen LogP contribution in [-0.4, -0.2) is 64.6 Å². The summed E-state index contributed by atoms with van der Waals surface area (Å²) in [6, 6.07) is 0. The second-order valence-electron chi connectivity index (χ2n) is 3.72. The molecule has 1 aliphatic heterocycles. The predicted octanol–water partition coefficient (Wildman–Crippen LogP) is -3.03. The van der Waals surface area contributed by atoms with E-state index < -0.39 is 18.9 Å².